The maximum Gasteiger partial charge on any atom is 0.405 e. The highest BCUT2D eigenvalue weighted by atomic mass is 19.4. The normalized spacial score (nSPS) is 33.7. The van der Waals surface area contributed by atoms with Gasteiger partial charge in [-0.2, -0.15) is 13.2 Å². The zero-order chi connectivity index (χ0) is 12.7. The van der Waals surface area contributed by atoms with E-state index in [1.807, 2.05) is 0 Å². The third-order valence-corrected chi connectivity index (χ3v) is 3.85. The van der Waals surface area contributed by atoms with Gasteiger partial charge in [0.25, 0.3) is 0 Å². The van der Waals surface area contributed by atoms with E-state index in [-0.39, 0.29) is 11.8 Å². The first kappa shape index (κ1) is 12.5. The smallest absolute Gasteiger partial charge is 0.405 e. The predicted molar refractivity (Wildman–Crippen MR) is 54.1 cm³/mol. The van der Waals surface area contributed by atoms with Crippen LogP contribution >= 0.6 is 0 Å². The van der Waals surface area contributed by atoms with E-state index in [1.54, 1.807) is 0 Å². The van der Waals surface area contributed by atoms with Crippen LogP contribution in [0.4, 0.5) is 18.0 Å². The van der Waals surface area contributed by atoms with Crippen molar-refractivity contribution in [3.8, 4) is 0 Å². The van der Waals surface area contributed by atoms with Gasteiger partial charge in [0.2, 0.25) is 0 Å². The molecule has 2 saturated carbocycles. The zero-order valence-corrected chi connectivity index (χ0v) is 9.43. The van der Waals surface area contributed by atoms with Gasteiger partial charge in [-0.15, -0.1) is 0 Å². The lowest BCUT2D eigenvalue weighted by atomic mass is 9.98. The second-order valence-electron chi connectivity index (χ2n) is 5.13. The molecule has 3 nitrogen and oxygen atoms in total. The van der Waals surface area contributed by atoms with Crippen LogP contribution in [0.15, 0.2) is 0 Å². The molecule has 2 unspecified atom stereocenters. The summed E-state index contributed by atoms with van der Waals surface area (Å²) in [6, 6.07) is 0. The molecule has 0 aromatic heterocycles. The van der Waals surface area contributed by atoms with Crippen molar-refractivity contribution in [2.24, 2.45) is 17.6 Å². The highest BCUT2D eigenvalue weighted by molar-refractivity contribution is 5.65. The molecule has 0 heterocycles. The number of alkyl halides is 3. The Bertz CT molecular complexity index is 312. The zero-order valence-electron chi connectivity index (χ0n) is 9.43. The minimum atomic E-state index is -4.32. The van der Waals surface area contributed by atoms with E-state index in [9.17, 15) is 18.0 Å². The number of ether oxygens (including phenoxy) is 1. The Labute approximate surface area is 97.5 Å². The SMILES string of the molecule is NC(=O)OC1(CC(F)(F)F)CC1C1CCCC1. The minimum Gasteiger partial charge on any atom is -0.442 e. The fourth-order valence-corrected chi connectivity index (χ4v) is 3.17. The second-order valence-corrected chi connectivity index (χ2v) is 5.13. The van der Waals surface area contributed by atoms with Crippen LogP contribution in [0, 0.1) is 11.8 Å². The molecule has 0 aromatic carbocycles. The van der Waals surface area contributed by atoms with Crippen molar-refractivity contribution in [3.05, 3.63) is 0 Å². The molecule has 98 valence electrons. The van der Waals surface area contributed by atoms with Gasteiger partial charge >= 0.3 is 12.3 Å². The van der Waals surface area contributed by atoms with Crippen molar-refractivity contribution in [1.29, 1.82) is 0 Å². The number of nitrogens with two attached hydrogens (primary N) is 1. The van der Waals surface area contributed by atoms with Gasteiger partial charge in [0, 0.05) is 5.92 Å². The molecule has 0 bridgehead atoms. The van der Waals surface area contributed by atoms with Gasteiger partial charge in [0.05, 0.1) is 6.42 Å². The van der Waals surface area contributed by atoms with Gasteiger partial charge in [-0.3, -0.25) is 0 Å². The summed E-state index contributed by atoms with van der Waals surface area (Å²) in [5.41, 5.74) is 3.51. The van der Waals surface area contributed by atoms with E-state index in [1.165, 1.54) is 0 Å². The highest BCUT2D eigenvalue weighted by Gasteiger charge is 2.64. The van der Waals surface area contributed by atoms with Gasteiger partial charge < -0.3 is 10.5 Å². The van der Waals surface area contributed by atoms with Crippen LogP contribution in [0.1, 0.15) is 38.5 Å². The van der Waals surface area contributed by atoms with E-state index in [0.717, 1.165) is 25.7 Å². The number of rotatable bonds is 3. The van der Waals surface area contributed by atoms with Gasteiger partial charge in [-0.05, 0) is 12.3 Å². The average Bonchev–Trinajstić information content (AvgIpc) is 2.61. The Morgan fingerprint density at radius 1 is 1.35 bits per heavy atom. The fraction of sp³-hybridized carbons (Fsp3) is 0.909. The molecule has 17 heavy (non-hydrogen) atoms. The molecule has 0 saturated heterocycles. The third-order valence-electron chi connectivity index (χ3n) is 3.85. The first-order valence-corrected chi connectivity index (χ1v) is 5.88. The Morgan fingerprint density at radius 3 is 2.41 bits per heavy atom. The molecule has 2 aliphatic rings. The molecular formula is C11H16F3NO2. The largest absolute Gasteiger partial charge is 0.442 e. The highest BCUT2D eigenvalue weighted by Crippen LogP contribution is 2.59. The second kappa shape index (κ2) is 4.07. The third kappa shape index (κ3) is 2.84. The van der Waals surface area contributed by atoms with Crippen LogP contribution in [-0.4, -0.2) is 17.9 Å². The molecule has 2 rings (SSSR count). The molecule has 6 heteroatoms. The number of hydrogen-bond donors (Lipinski definition) is 1. The van der Waals surface area contributed by atoms with Gasteiger partial charge in [-0.25, -0.2) is 4.79 Å². The monoisotopic (exact) mass is 251 g/mol. The van der Waals surface area contributed by atoms with Crippen molar-refractivity contribution < 1.29 is 22.7 Å². The summed E-state index contributed by atoms with van der Waals surface area (Å²) in [6.45, 7) is 0. The first-order valence-electron chi connectivity index (χ1n) is 5.88. The lowest BCUT2D eigenvalue weighted by molar-refractivity contribution is -0.160. The summed E-state index contributed by atoms with van der Waals surface area (Å²) < 4.78 is 42.2. The maximum atomic E-state index is 12.5. The van der Waals surface area contributed by atoms with Crippen LogP contribution in [0.25, 0.3) is 0 Å². The van der Waals surface area contributed by atoms with Crippen LogP contribution in [-0.2, 0) is 4.74 Å². The number of amides is 1. The lowest BCUT2D eigenvalue weighted by Gasteiger charge is -2.21. The molecule has 2 fully saturated rings. The lowest BCUT2D eigenvalue weighted by Crippen LogP contribution is -2.32. The summed E-state index contributed by atoms with van der Waals surface area (Å²) in [7, 11) is 0. The Hall–Kier alpha value is -0.940. The van der Waals surface area contributed by atoms with E-state index in [0.29, 0.717) is 6.42 Å². The molecule has 0 spiro atoms. The number of hydrogen-bond acceptors (Lipinski definition) is 2. The minimum absolute atomic E-state index is 0.154. The van der Waals surface area contributed by atoms with Crippen molar-refractivity contribution in [1.82, 2.24) is 0 Å². The van der Waals surface area contributed by atoms with Gasteiger partial charge in [0.1, 0.15) is 5.60 Å². The summed E-state index contributed by atoms with van der Waals surface area (Å²) in [5, 5.41) is 0. The van der Waals surface area contributed by atoms with E-state index >= 15 is 0 Å². The summed E-state index contributed by atoms with van der Waals surface area (Å²) in [4.78, 5) is 10.7. The van der Waals surface area contributed by atoms with E-state index in [2.05, 4.69) is 0 Å². The topological polar surface area (TPSA) is 52.3 Å². The standard InChI is InChI=1S/C11H16F3NO2/c12-11(13,14)6-10(17-9(15)16)5-8(10)7-3-1-2-4-7/h7-8H,1-6H2,(H2,15,16). The maximum absolute atomic E-state index is 12.5. The van der Waals surface area contributed by atoms with Crippen molar-refractivity contribution in [2.45, 2.75) is 50.3 Å². The molecule has 2 aliphatic carbocycles. The molecule has 2 atom stereocenters. The summed E-state index contributed by atoms with van der Waals surface area (Å²) in [5.74, 6) is 0.107. The number of primary amides is 1. The molecule has 0 aliphatic heterocycles. The van der Waals surface area contributed by atoms with Crippen molar-refractivity contribution in [3.63, 3.8) is 0 Å². The predicted octanol–water partition coefficient (Wildman–Crippen LogP) is 2.98. The molecule has 1 amide bonds. The Balaban J connectivity index is 2.03. The number of carbonyl (C=O) groups is 1. The van der Waals surface area contributed by atoms with E-state index < -0.39 is 24.3 Å². The Kier molecular flexibility index (Phi) is 2.99. The summed E-state index contributed by atoms with van der Waals surface area (Å²) in [6.07, 6.45) is -2.19. The van der Waals surface area contributed by atoms with Crippen molar-refractivity contribution in [2.75, 3.05) is 0 Å². The van der Waals surface area contributed by atoms with Crippen LogP contribution in [0.2, 0.25) is 0 Å². The fourth-order valence-electron chi connectivity index (χ4n) is 3.17. The summed E-state index contributed by atoms with van der Waals surface area (Å²) >= 11 is 0. The van der Waals surface area contributed by atoms with Crippen LogP contribution in [0.5, 0.6) is 0 Å². The number of carbonyl (C=O) groups excluding carboxylic acids is 1. The van der Waals surface area contributed by atoms with Gasteiger partial charge in [-0.1, -0.05) is 25.7 Å². The Morgan fingerprint density at radius 2 is 1.94 bits per heavy atom. The first-order chi connectivity index (χ1) is 7.82. The average molecular weight is 251 g/mol. The quantitative estimate of drug-likeness (QED) is 0.838. The molecular weight excluding hydrogens is 235 g/mol. The molecule has 0 aromatic rings. The van der Waals surface area contributed by atoms with Crippen LogP contribution < -0.4 is 5.73 Å². The van der Waals surface area contributed by atoms with Crippen molar-refractivity contribution >= 4 is 6.09 Å². The molecule has 2 N–H and O–H groups in total. The van der Waals surface area contributed by atoms with Gasteiger partial charge in [0.15, 0.2) is 0 Å². The molecule has 0 radical (unpaired) electrons. The van der Waals surface area contributed by atoms with E-state index in [4.69, 9.17) is 10.5 Å². The number of halogens is 3. The van der Waals surface area contributed by atoms with Crippen LogP contribution in [0.3, 0.4) is 0 Å².